The molecule has 8 heteroatoms. The van der Waals surface area contributed by atoms with Crippen LogP contribution in [-0.2, 0) is 12.0 Å². The van der Waals surface area contributed by atoms with Crippen LogP contribution in [-0.4, -0.2) is 33.4 Å². The number of fused-ring (bicyclic) bond motifs is 3. The Balaban J connectivity index is 1.34. The summed E-state index contributed by atoms with van der Waals surface area (Å²) in [5.74, 6) is 0.423. The molecule has 0 unspecified atom stereocenters. The number of aromatic amines is 1. The number of nitrogens with one attached hydrogen (secondary N) is 2. The molecule has 6 nitrogen and oxygen atoms in total. The van der Waals surface area contributed by atoms with Gasteiger partial charge in [-0.1, -0.05) is 35.3 Å². The molecule has 6 rings (SSSR count). The van der Waals surface area contributed by atoms with Crippen molar-refractivity contribution in [1.82, 2.24) is 19.9 Å². The Labute approximate surface area is 200 Å². The van der Waals surface area contributed by atoms with Crippen LogP contribution in [0.1, 0.15) is 24.0 Å². The van der Waals surface area contributed by atoms with E-state index < -0.39 is 0 Å². The molecule has 4 aromatic rings. The smallest absolute Gasteiger partial charge is 0.229 e. The van der Waals surface area contributed by atoms with Crippen molar-refractivity contribution in [2.45, 2.75) is 24.8 Å². The monoisotopic (exact) mass is 477 g/mol. The van der Waals surface area contributed by atoms with Gasteiger partial charge in [0.1, 0.15) is 5.65 Å². The lowest BCUT2D eigenvalue weighted by molar-refractivity contribution is 0.271. The Morgan fingerprint density at radius 3 is 2.70 bits per heavy atom. The van der Waals surface area contributed by atoms with E-state index in [-0.39, 0.29) is 5.43 Å². The van der Waals surface area contributed by atoms with E-state index in [1.807, 2.05) is 0 Å². The van der Waals surface area contributed by atoms with Crippen molar-refractivity contribution in [3.63, 3.8) is 0 Å². The third kappa shape index (κ3) is 3.50. The average Bonchev–Trinajstić information content (AvgIpc) is 3.54. The van der Waals surface area contributed by atoms with E-state index in [0.29, 0.717) is 43.6 Å². The zero-order valence-electron chi connectivity index (χ0n) is 18.0. The Hall–Kier alpha value is -2.93. The summed E-state index contributed by atoms with van der Waals surface area (Å²) in [6, 6.07) is 11.7. The van der Waals surface area contributed by atoms with Crippen LogP contribution in [0.15, 0.2) is 53.6 Å². The molecule has 2 aromatic carbocycles. The van der Waals surface area contributed by atoms with Crippen molar-refractivity contribution in [2.24, 2.45) is 0 Å². The minimum Gasteiger partial charge on any atom is -0.345 e. The second-order valence-corrected chi connectivity index (χ2v) is 9.85. The van der Waals surface area contributed by atoms with E-state index in [9.17, 15) is 4.79 Å². The van der Waals surface area contributed by atoms with E-state index in [2.05, 4.69) is 50.4 Å². The first-order valence-corrected chi connectivity index (χ1v) is 11.6. The predicted octanol–water partition coefficient (Wildman–Crippen LogP) is 5.51. The molecule has 166 valence electrons. The number of hydrogen-bond acceptors (Lipinski definition) is 5. The maximum absolute atomic E-state index is 13.1. The lowest BCUT2D eigenvalue weighted by atomic mass is 9.87. The van der Waals surface area contributed by atoms with Crippen molar-refractivity contribution in [1.29, 1.82) is 0 Å². The highest BCUT2D eigenvalue weighted by Gasteiger charge is 2.48. The third-order valence-corrected chi connectivity index (χ3v) is 7.29. The second-order valence-electron chi connectivity index (χ2n) is 9.03. The summed E-state index contributed by atoms with van der Waals surface area (Å²) in [7, 11) is 2.18. The molecule has 2 aromatic heterocycles. The number of halogens is 2. The number of benzene rings is 2. The molecule has 0 amide bonds. The van der Waals surface area contributed by atoms with Crippen LogP contribution < -0.4 is 10.7 Å². The van der Waals surface area contributed by atoms with Crippen molar-refractivity contribution >= 4 is 45.9 Å². The zero-order chi connectivity index (χ0) is 22.7. The van der Waals surface area contributed by atoms with Gasteiger partial charge in [0.2, 0.25) is 5.95 Å². The van der Waals surface area contributed by atoms with E-state index >= 15 is 0 Å². The van der Waals surface area contributed by atoms with Gasteiger partial charge in [0.05, 0.1) is 15.4 Å². The quantitative estimate of drug-likeness (QED) is 0.406. The Morgan fingerprint density at radius 1 is 1.15 bits per heavy atom. The first kappa shape index (κ1) is 20.7. The Bertz CT molecular complexity index is 1460. The molecule has 2 N–H and O–H groups in total. The number of pyridine rings is 1. The van der Waals surface area contributed by atoms with Crippen molar-refractivity contribution in [3.8, 4) is 11.1 Å². The normalized spacial score (nSPS) is 16.7. The Morgan fingerprint density at radius 2 is 1.94 bits per heavy atom. The maximum atomic E-state index is 13.1. The molecule has 0 saturated heterocycles. The molecule has 1 fully saturated rings. The van der Waals surface area contributed by atoms with Crippen molar-refractivity contribution in [3.05, 3.63) is 80.2 Å². The molecular formula is C25H21Cl2N5O. The van der Waals surface area contributed by atoms with Crippen LogP contribution in [0.4, 0.5) is 11.6 Å². The molecule has 1 saturated carbocycles. The highest BCUT2D eigenvalue weighted by molar-refractivity contribution is 6.39. The Kier molecular flexibility index (Phi) is 4.73. The predicted molar refractivity (Wildman–Crippen MR) is 133 cm³/mol. The molecule has 1 aliphatic heterocycles. The average molecular weight is 478 g/mol. The van der Waals surface area contributed by atoms with Crippen LogP contribution in [0, 0.1) is 0 Å². The van der Waals surface area contributed by atoms with Crippen molar-refractivity contribution in [2.75, 3.05) is 18.9 Å². The van der Waals surface area contributed by atoms with Gasteiger partial charge in [0, 0.05) is 47.7 Å². The lowest BCUT2D eigenvalue weighted by Crippen LogP contribution is -2.35. The highest BCUT2D eigenvalue weighted by Crippen LogP contribution is 2.52. The van der Waals surface area contributed by atoms with Crippen molar-refractivity contribution < 1.29 is 0 Å². The van der Waals surface area contributed by atoms with E-state index in [0.717, 1.165) is 18.8 Å². The van der Waals surface area contributed by atoms with Gasteiger partial charge in [-0.25, -0.2) is 4.98 Å². The minimum absolute atomic E-state index is 0.225. The van der Waals surface area contributed by atoms with Gasteiger partial charge in [0.15, 0.2) is 5.43 Å². The summed E-state index contributed by atoms with van der Waals surface area (Å²) < 4.78 is 0. The standard InChI is InChI=1S/C25H21Cl2N5O/c1-32-12-14-9-15(5-6-18(14)25(13-32)7-8-25)30-24-29-11-17-22(33)16(10-28-23(17)31-24)21-19(26)3-2-4-20(21)27/h2-6,9-11H,7-8,12-13H2,1H3,(H2,28,29,30,31,33). The highest BCUT2D eigenvalue weighted by atomic mass is 35.5. The SMILES string of the molecule is CN1Cc2cc(Nc3ncc4c(=O)c(-c5c(Cl)cccc5Cl)c[nH]c4n3)ccc2C2(CC2)C1. The van der Waals surface area contributed by atoms with Gasteiger partial charge in [0.25, 0.3) is 0 Å². The summed E-state index contributed by atoms with van der Waals surface area (Å²) >= 11 is 12.6. The van der Waals surface area contributed by atoms with Crippen LogP contribution in [0.5, 0.6) is 0 Å². The van der Waals surface area contributed by atoms with Gasteiger partial charge in [-0.3, -0.25) is 4.79 Å². The summed E-state index contributed by atoms with van der Waals surface area (Å²) in [6.45, 7) is 2.07. The van der Waals surface area contributed by atoms with Crippen LogP contribution >= 0.6 is 23.2 Å². The van der Waals surface area contributed by atoms with Crippen LogP contribution in [0.3, 0.4) is 0 Å². The number of hydrogen-bond donors (Lipinski definition) is 2. The van der Waals surface area contributed by atoms with Gasteiger partial charge >= 0.3 is 0 Å². The summed E-state index contributed by atoms with van der Waals surface area (Å²) in [5, 5.41) is 4.49. The molecule has 1 aliphatic carbocycles. The second kappa shape index (κ2) is 7.55. The summed E-state index contributed by atoms with van der Waals surface area (Å²) in [4.78, 5) is 27.5. The fraction of sp³-hybridized carbons (Fsp3) is 0.240. The largest absolute Gasteiger partial charge is 0.345 e. The van der Waals surface area contributed by atoms with E-state index in [1.165, 1.54) is 30.2 Å². The van der Waals surface area contributed by atoms with Crippen LogP contribution in [0.25, 0.3) is 22.2 Å². The third-order valence-electron chi connectivity index (χ3n) is 6.66. The molecule has 0 radical (unpaired) electrons. The topological polar surface area (TPSA) is 73.9 Å². The molecule has 2 aliphatic rings. The number of rotatable bonds is 3. The first-order chi connectivity index (χ1) is 15.9. The number of aromatic nitrogens is 3. The van der Waals surface area contributed by atoms with Gasteiger partial charge < -0.3 is 15.2 Å². The van der Waals surface area contributed by atoms with Gasteiger partial charge in [-0.2, -0.15) is 4.98 Å². The molecule has 33 heavy (non-hydrogen) atoms. The maximum Gasteiger partial charge on any atom is 0.229 e. The number of nitrogens with zero attached hydrogens (tertiary/aromatic N) is 3. The fourth-order valence-corrected chi connectivity index (χ4v) is 5.59. The molecule has 1 spiro atoms. The van der Waals surface area contributed by atoms with Gasteiger partial charge in [-0.15, -0.1) is 0 Å². The number of H-pyrrole nitrogens is 1. The van der Waals surface area contributed by atoms with Gasteiger partial charge in [-0.05, 0) is 55.3 Å². The summed E-state index contributed by atoms with van der Waals surface area (Å²) in [6.07, 6.45) is 5.65. The number of anilines is 2. The summed E-state index contributed by atoms with van der Waals surface area (Å²) in [5.41, 5.74) is 5.20. The minimum atomic E-state index is -0.225. The molecule has 0 bridgehead atoms. The number of likely N-dealkylation sites (N-methyl/N-ethyl adjacent to an activating group) is 1. The molecule has 0 atom stereocenters. The molecular weight excluding hydrogens is 457 g/mol. The lowest BCUT2D eigenvalue weighted by Gasteiger charge is -2.32. The van der Waals surface area contributed by atoms with E-state index in [4.69, 9.17) is 23.2 Å². The fourth-order valence-electron chi connectivity index (χ4n) is 4.99. The molecule has 3 heterocycles. The zero-order valence-corrected chi connectivity index (χ0v) is 19.5. The van der Waals surface area contributed by atoms with E-state index in [1.54, 1.807) is 24.4 Å². The van der Waals surface area contributed by atoms with Crippen LogP contribution in [0.2, 0.25) is 10.0 Å². The first-order valence-electron chi connectivity index (χ1n) is 10.9.